The average Bonchev–Trinajstić information content (AvgIpc) is 3.70. The van der Waals surface area contributed by atoms with Gasteiger partial charge in [-0.25, -0.2) is 14.8 Å². The van der Waals surface area contributed by atoms with Crippen molar-refractivity contribution in [1.29, 1.82) is 0 Å². The van der Waals surface area contributed by atoms with Crippen molar-refractivity contribution in [2.75, 3.05) is 71.5 Å². The summed E-state index contributed by atoms with van der Waals surface area (Å²) in [7, 11) is 3.76. The van der Waals surface area contributed by atoms with E-state index in [1.54, 1.807) is 19.5 Å². The average molecular weight is 864 g/mol. The van der Waals surface area contributed by atoms with Gasteiger partial charge in [0.1, 0.15) is 30.5 Å². The van der Waals surface area contributed by atoms with E-state index in [1.807, 2.05) is 73.7 Å². The lowest BCUT2D eigenvalue weighted by molar-refractivity contribution is -0.145. The first-order valence-corrected chi connectivity index (χ1v) is 21.8. The number of hydrogen-bond acceptors (Lipinski definition) is 13. The van der Waals surface area contributed by atoms with Gasteiger partial charge in [0, 0.05) is 75.8 Å². The first kappa shape index (κ1) is 42.2. The van der Waals surface area contributed by atoms with Gasteiger partial charge in [-0.15, -0.1) is 0 Å². The first-order valence-electron chi connectivity index (χ1n) is 20.7. The zero-order chi connectivity index (χ0) is 42.3. The number of likely N-dealkylation sites (N-methyl/N-ethyl adjacent to an activating group) is 1. The number of aliphatic carboxylic acids is 1. The molecule has 8 rings (SSSR count). The fourth-order valence-electron chi connectivity index (χ4n) is 7.83. The third kappa shape index (κ3) is 9.83. The lowest BCUT2D eigenvalue weighted by Gasteiger charge is -2.32. The smallest absolute Gasteiger partial charge is 0.345 e. The molecule has 1 unspecified atom stereocenters. The molecule has 0 aliphatic carbocycles. The Balaban J connectivity index is 1.09. The minimum atomic E-state index is -1.30. The molecule has 0 radical (unpaired) electrons. The molecular formula is C46H50ClN7O6S. The molecule has 3 aromatic carbocycles. The molecule has 0 amide bonds. The standard InChI is InChI=1S/C46H50ClN7O6S/c1-30-35(14-15-37(42(30)47)58-25-24-53-22-20-52(2)21-23-53)40-41-39(28-49-43(40)32-11-9-12-34(26-32)57-3)61-51-44(41)60-38(45(55)56)27-31-10-5-6-13-36(31)59-29-33-16-17-48-46(50-33)54-18-7-4-8-19-54/h5-6,9-17,26,28,38H,4,7-8,18-25,27,29H2,1-3H3,(H,55,56). The summed E-state index contributed by atoms with van der Waals surface area (Å²) in [5.74, 6) is 1.54. The van der Waals surface area contributed by atoms with E-state index in [4.69, 9.17) is 44.9 Å². The molecule has 1 atom stereocenters. The molecule has 0 spiro atoms. The molecule has 6 aromatic rings. The van der Waals surface area contributed by atoms with Crippen molar-refractivity contribution < 1.29 is 28.8 Å². The third-order valence-electron chi connectivity index (χ3n) is 11.3. The number of hydrogen-bond donors (Lipinski definition) is 1. The zero-order valence-electron chi connectivity index (χ0n) is 34.7. The van der Waals surface area contributed by atoms with Crippen LogP contribution in [0.5, 0.6) is 23.1 Å². The fraction of sp³-hybridized carbons (Fsp3) is 0.370. The normalized spacial score (nSPS) is 15.4. The SMILES string of the molecule is COc1cccc(-c2ncc3snc(OC(Cc4ccccc4OCc4ccnc(N5CCCCC5)n4)C(=O)O)c3c2-c2ccc(OCCN3CCN(C)CC3)c(Cl)c2C)c1. The highest BCUT2D eigenvalue weighted by Crippen LogP contribution is 2.46. The molecule has 15 heteroatoms. The summed E-state index contributed by atoms with van der Waals surface area (Å²) < 4.78 is 30.0. The minimum Gasteiger partial charge on any atom is -0.497 e. The monoisotopic (exact) mass is 863 g/mol. The van der Waals surface area contributed by atoms with Gasteiger partial charge < -0.3 is 33.9 Å². The van der Waals surface area contributed by atoms with E-state index < -0.39 is 12.1 Å². The van der Waals surface area contributed by atoms with E-state index in [1.165, 1.54) is 18.0 Å². The molecule has 5 heterocycles. The number of carbonyl (C=O) groups is 1. The van der Waals surface area contributed by atoms with Crippen LogP contribution in [-0.2, 0) is 17.8 Å². The van der Waals surface area contributed by atoms with Crippen LogP contribution in [0.3, 0.4) is 0 Å². The second kappa shape index (κ2) is 19.4. The number of benzene rings is 3. The number of piperidine rings is 1. The number of rotatable bonds is 16. The van der Waals surface area contributed by atoms with Crippen molar-refractivity contribution in [2.24, 2.45) is 0 Å². The second-order valence-electron chi connectivity index (χ2n) is 15.4. The van der Waals surface area contributed by atoms with Crippen LogP contribution in [0.15, 0.2) is 79.1 Å². The number of carboxylic acid groups (broad SMARTS) is 1. The molecule has 13 nitrogen and oxygen atoms in total. The maximum absolute atomic E-state index is 13.0. The fourth-order valence-corrected chi connectivity index (χ4v) is 8.75. The highest BCUT2D eigenvalue weighted by Gasteiger charge is 2.28. The van der Waals surface area contributed by atoms with Crippen LogP contribution in [0, 0.1) is 6.92 Å². The maximum atomic E-state index is 13.0. The number of carboxylic acids is 1. The lowest BCUT2D eigenvalue weighted by Crippen LogP contribution is -2.45. The summed E-state index contributed by atoms with van der Waals surface area (Å²) in [4.78, 5) is 34.2. The number of aromatic nitrogens is 4. The first-order chi connectivity index (χ1) is 29.7. The summed E-state index contributed by atoms with van der Waals surface area (Å²) in [5.41, 5.74) is 5.11. The van der Waals surface area contributed by atoms with Crippen molar-refractivity contribution in [3.8, 4) is 45.5 Å². The van der Waals surface area contributed by atoms with Gasteiger partial charge in [-0.3, -0.25) is 9.88 Å². The molecular weight excluding hydrogens is 814 g/mol. The van der Waals surface area contributed by atoms with Crippen LogP contribution in [0.25, 0.3) is 32.5 Å². The Labute approximate surface area is 365 Å². The van der Waals surface area contributed by atoms with Crippen molar-refractivity contribution >= 4 is 45.1 Å². The highest BCUT2D eigenvalue weighted by atomic mass is 35.5. The molecule has 2 aliphatic rings. The number of ether oxygens (including phenoxy) is 4. The molecule has 2 aliphatic heterocycles. The van der Waals surface area contributed by atoms with Crippen LogP contribution in [0.1, 0.15) is 36.1 Å². The molecule has 0 bridgehead atoms. The van der Waals surface area contributed by atoms with Gasteiger partial charge in [-0.2, -0.15) is 4.37 Å². The number of para-hydroxylation sites is 1. The Morgan fingerprint density at radius 2 is 1.75 bits per heavy atom. The molecule has 2 fully saturated rings. The van der Waals surface area contributed by atoms with Crippen LogP contribution in [-0.4, -0.2) is 113 Å². The van der Waals surface area contributed by atoms with Gasteiger partial charge in [-0.05, 0) is 91.8 Å². The number of nitrogens with zero attached hydrogens (tertiary/aromatic N) is 7. The van der Waals surface area contributed by atoms with E-state index in [-0.39, 0.29) is 18.9 Å². The van der Waals surface area contributed by atoms with Crippen molar-refractivity contribution in [3.05, 3.63) is 101 Å². The third-order valence-corrected chi connectivity index (χ3v) is 12.6. The molecule has 61 heavy (non-hydrogen) atoms. The Morgan fingerprint density at radius 1 is 0.934 bits per heavy atom. The van der Waals surface area contributed by atoms with Gasteiger partial charge in [0.25, 0.3) is 0 Å². The Morgan fingerprint density at radius 3 is 2.56 bits per heavy atom. The summed E-state index contributed by atoms with van der Waals surface area (Å²) in [5, 5.41) is 11.8. The van der Waals surface area contributed by atoms with E-state index in [2.05, 4.69) is 26.7 Å². The van der Waals surface area contributed by atoms with Crippen molar-refractivity contribution in [3.63, 3.8) is 0 Å². The van der Waals surface area contributed by atoms with Crippen LogP contribution < -0.4 is 23.8 Å². The minimum absolute atomic E-state index is 0.0154. The molecule has 2 saturated heterocycles. The Hall–Kier alpha value is -5.54. The van der Waals surface area contributed by atoms with E-state index in [0.29, 0.717) is 57.0 Å². The summed E-state index contributed by atoms with van der Waals surface area (Å²) in [6, 6.07) is 20.7. The number of methoxy groups -OCH3 is 1. The van der Waals surface area contributed by atoms with Crippen LogP contribution in [0.4, 0.5) is 5.95 Å². The Kier molecular flexibility index (Phi) is 13.4. The molecule has 0 saturated carbocycles. The maximum Gasteiger partial charge on any atom is 0.345 e. The van der Waals surface area contributed by atoms with Crippen LogP contribution >= 0.6 is 23.1 Å². The van der Waals surface area contributed by atoms with E-state index in [9.17, 15) is 9.90 Å². The van der Waals surface area contributed by atoms with Crippen molar-refractivity contribution in [1.82, 2.24) is 29.1 Å². The zero-order valence-corrected chi connectivity index (χ0v) is 36.3. The molecule has 1 N–H and O–H groups in total. The number of pyridine rings is 1. The number of piperazine rings is 1. The predicted molar refractivity (Wildman–Crippen MR) is 239 cm³/mol. The lowest BCUT2D eigenvalue weighted by atomic mass is 9.93. The van der Waals surface area contributed by atoms with Gasteiger partial charge in [0.2, 0.25) is 17.9 Å². The van der Waals surface area contributed by atoms with Crippen molar-refractivity contribution in [2.45, 2.75) is 45.3 Å². The summed E-state index contributed by atoms with van der Waals surface area (Å²) in [6.45, 7) is 9.40. The topological polar surface area (TPSA) is 136 Å². The quantitative estimate of drug-likeness (QED) is 0.101. The molecule has 3 aromatic heterocycles. The summed E-state index contributed by atoms with van der Waals surface area (Å²) >= 11 is 8.30. The summed E-state index contributed by atoms with van der Waals surface area (Å²) in [6.07, 6.45) is 5.67. The van der Waals surface area contributed by atoms with Crippen LogP contribution in [0.2, 0.25) is 5.02 Å². The second-order valence-corrected chi connectivity index (χ2v) is 16.6. The largest absolute Gasteiger partial charge is 0.497 e. The number of anilines is 1. The van der Waals surface area contributed by atoms with Gasteiger partial charge in [-0.1, -0.05) is 48.0 Å². The van der Waals surface area contributed by atoms with E-state index in [0.717, 1.165) is 85.7 Å². The number of halogens is 1. The molecule has 318 valence electrons. The van der Waals surface area contributed by atoms with E-state index >= 15 is 0 Å². The van der Waals surface area contributed by atoms with Gasteiger partial charge in [0.15, 0.2) is 0 Å². The predicted octanol–water partition coefficient (Wildman–Crippen LogP) is 8.06. The van der Waals surface area contributed by atoms with Gasteiger partial charge in [0.05, 0.1) is 33.6 Å². The highest BCUT2D eigenvalue weighted by molar-refractivity contribution is 7.13. The Bertz CT molecular complexity index is 2470. The number of fused-ring (bicyclic) bond motifs is 1. The van der Waals surface area contributed by atoms with Gasteiger partial charge >= 0.3 is 5.97 Å².